The number of hydrogen-bond acceptors (Lipinski definition) is 5. The van der Waals surface area contributed by atoms with Crippen molar-refractivity contribution >= 4 is 11.7 Å². The summed E-state index contributed by atoms with van der Waals surface area (Å²) in [6.45, 7) is 1.55. The number of carbonyl (C=O) groups is 1. The number of urea groups is 1. The summed E-state index contributed by atoms with van der Waals surface area (Å²) < 4.78 is 12.7. The fourth-order valence-electron chi connectivity index (χ4n) is 2.91. The first-order valence-electron chi connectivity index (χ1n) is 8.91. The highest BCUT2D eigenvalue weighted by Gasteiger charge is 2.18. The number of carbonyl (C=O) groups excluding carboxylic acids is 1. The van der Waals surface area contributed by atoms with Gasteiger partial charge in [-0.15, -0.1) is 0 Å². The Hall–Kier alpha value is -2.61. The Morgan fingerprint density at radius 3 is 3.04 bits per heavy atom. The lowest BCUT2D eigenvalue weighted by atomic mass is 10.2. The van der Waals surface area contributed by atoms with Crippen LogP contribution >= 0.6 is 0 Å². The quantitative estimate of drug-likeness (QED) is 0.756. The van der Waals surface area contributed by atoms with Crippen LogP contribution < -0.4 is 15.4 Å². The van der Waals surface area contributed by atoms with Gasteiger partial charge in [-0.3, -0.25) is 4.68 Å². The van der Waals surface area contributed by atoms with Crippen LogP contribution in [0.4, 0.5) is 10.5 Å². The molecule has 1 fully saturated rings. The van der Waals surface area contributed by atoms with Gasteiger partial charge >= 0.3 is 6.03 Å². The van der Waals surface area contributed by atoms with Gasteiger partial charge in [0.2, 0.25) is 5.88 Å². The van der Waals surface area contributed by atoms with Crippen LogP contribution in [0, 0.1) is 0 Å². The molecule has 0 radical (unpaired) electrons. The predicted molar refractivity (Wildman–Crippen MR) is 97.1 cm³/mol. The van der Waals surface area contributed by atoms with E-state index in [0.717, 1.165) is 18.4 Å². The maximum atomic E-state index is 12.1. The van der Waals surface area contributed by atoms with Gasteiger partial charge in [-0.1, -0.05) is 6.07 Å². The molecule has 0 aromatic carbocycles. The van der Waals surface area contributed by atoms with E-state index in [4.69, 9.17) is 9.47 Å². The Balaban J connectivity index is 1.50. The molecule has 0 saturated heterocycles. The molecule has 8 nitrogen and oxygen atoms in total. The molecule has 0 unspecified atom stereocenters. The van der Waals surface area contributed by atoms with E-state index in [1.807, 2.05) is 12.1 Å². The molecule has 2 aromatic heterocycles. The van der Waals surface area contributed by atoms with Crippen molar-refractivity contribution < 1.29 is 14.3 Å². The van der Waals surface area contributed by atoms with Gasteiger partial charge in [0.15, 0.2) is 0 Å². The summed E-state index contributed by atoms with van der Waals surface area (Å²) in [5.74, 6) is 0.604. The Kier molecular flexibility index (Phi) is 6.43. The molecule has 26 heavy (non-hydrogen) atoms. The van der Waals surface area contributed by atoms with Crippen LogP contribution in [0.15, 0.2) is 30.7 Å². The van der Waals surface area contributed by atoms with E-state index in [0.29, 0.717) is 31.3 Å². The van der Waals surface area contributed by atoms with E-state index in [1.54, 1.807) is 30.4 Å². The number of ether oxygens (including phenoxy) is 2. The molecule has 0 aliphatic heterocycles. The minimum atomic E-state index is -0.299. The third-order valence-electron chi connectivity index (χ3n) is 4.29. The Morgan fingerprint density at radius 1 is 1.38 bits per heavy atom. The molecule has 0 bridgehead atoms. The maximum Gasteiger partial charge on any atom is 0.319 e. The topological polar surface area (TPSA) is 90.3 Å². The fourth-order valence-corrected chi connectivity index (χ4v) is 2.91. The highest BCUT2D eigenvalue weighted by atomic mass is 16.5. The zero-order chi connectivity index (χ0) is 18.2. The average Bonchev–Trinajstić information content (AvgIpc) is 3.31. The number of rotatable bonds is 8. The zero-order valence-corrected chi connectivity index (χ0v) is 15.0. The van der Waals surface area contributed by atoms with E-state index in [-0.39, 0.29) is 12.1 Å². The molecular formula is C18H25N5O3. The summed E-state index contributed by atoms with van der Waals surface area (Å²) in [5, 5.41) is 9.76. The molecule has 8 heteroatoms. The molecule has 0 spiro atoms. The van der Waals surface area contributed by atoms with Gasteiger partial charge in [0.1, 0.15) is 6.10 Å². The van der Waals surface area contributed by atoms with Gasteiger partial charge in [0.25, 0.3) is 0 Å². The second-order valence-corrected chi connectivity index (χ2v) is 6.28. The number of pyridine rings is 1. The summed E-state index contributed by atoms with van der Waals surface area (Å²) >= 11 is 0. The number of anilines is 1. The first kappa shape index (κ1) is 18.2. The van der Waals surface area contributed by atoms with Crippen LogP contribution in [0.25, 0.3) is 0 Å². The second-order valence-electron chi connectivity index (χ2n) is 6.28. The molecule has 3 rings (SSSR count). The van der Waals surface area contributed by atoms with Crippen molar-refractivity contribution in [3.63, 3.8) is 0 Å². The molecule has 140 valence electrons. The molecular weight excluding hydrogens is 334 g/mol. The third-order valence-corrected chi connectivity index (χ3v) is 4.29. The molecule has 2 heterocycles. The van der Waals surface area contributed by atoms with Crippen molar-refractivity contribution in [3.05, 3.63) is 36.3 Å². The number of amides is 2. The highest BCUT2D eigenvalue weighted by molar-refractivity contribution is 5.88. The van der Waals surface area contributed by atoms with Crippen LogP contribution in [-0.2, 0) is 17.8 Å². The molecule has 1 saturated carbocycles. The predicted octanol–water partition coefficient (Wildman–Crippen LogP) is 2.57. The average molecular weight is 359 g/mol. The number of aromatic nitrogens is 3. The van der Waals surface area contributed by atoms with Crippen LogP contribution in [0.5, 0.6) is 5.88 Å². The van der Waals surface area contributed by atoms with E-state index in [2.05, 4.69) is 20.7 Å². The number of nitrogens with one attached hydrogen (secondary N) is 2. The summed E-state index contributed by atoms with van der Waals surface area (Å²) in [6.07, 6.45) is 9.84. The SMILES string of the molecule is COCCn1cc(NC(=O)NCc2cccnc2OC2CCCC2)cn1. The number of nitrogens with zero attached hydrogens (tertiary/aromatic N) is 3. The normalized spacial score (nSPS) is 14.3. The molecule has 1 aliphatic carbocycles. The summed E-state index contributed by atoms with van der Waals surface area (Å²) in [4.78, 5) is 16.4. The Bertz CT molecular complexity index is 712. The highest BCUT2D eigenvalue weighted by Crippen LogP contribution is 2.24. The first-order valence-corrected chi connectivity index (χ1v) is 8.91. The van der Waals surface area contributed by atoms with Crippen molar-refractivity contribution in [2.75, 3.05) is 19.0 Å². The van der Waals surface area contributed by atoms with Crippen molar-refractivity contribution in [2.45, 2.75) is 44.9 Å². The van der Waals surface area contributed by atoms with Crippen LogP contribution in [-0.4, -0.2) is 40.6 Å². The largest absolute Gasteiger partial charge is 0.474 e. The van der Waals surface area contributed by atoms with E-state index >= 15 is 0 Å². The second kappa shape index (κ2) is 9.19. The Morgan fingerprint density at radius 2 is 2.23 bits per heavy atom. The van der Waals surface area contributed by atoms with Crippen LogP contribution in [0.3, 0.4) is 0 Å². The third kappa shape index (κ3) is 5.19. The first-order chi connectivity index (χ1) is 12.7. The lowest BCUT2D eigenvalue weighted by Gasteiger charge is -2.15. The lowest BCUT2D eigenvalue weighted by molar-refractivity contribution is 0.183. The van der Waals surface area contributed by atoms with Crippen molar-refractivity contribution in [1.29, 1.82) is 0 Å². The summed E-state index contributed by atoms with van der Waals surface area (Å²) in [7, 11) is 1.64. The molecule has 0 atom stereocenters. The Labute approximate surface area is 152 Å². The van der Waals surface area contributed by atoms with E-state index < -0.39 is 0 Å². The minimum Gasteiger partial charge on any atom is -0.474 e. The minimum absolute atomic E-state index is 0.232. The number of methoxy groups -OCH3 is 1. The van der Waals surface area contributed by atoms with E-state index in [1.165, 1.54) is 12.8 Å². The van der Waals surface area contributed by atoms with Crippen LogP contribution in [0.2, 0.25) is 0 Å². The smallest absolute Gasteiger partial charge is 0.319 e. The zero-order valence-electron chi connectivity index (χ0n) is 15.0. The summed E-state index contributed by atoms with van der Waals surface area (Å²) in [5.41, 5.74) is 1.50. The molecule has 2 aromatic rings. The van der Waals surface area contributed by atoms with Gasteiger partial charge in [-0.2, -0.15) is 5.10 Å². The summed E-state index contributed by atoms with van der Waals surface area (Å²) in [6, 6.07) is 3.46. The van der Waals surface area contributed by atoms with E-state index in [9.17, 15) is 4.79 Å². The molecule has 1 aliphatic rings. The maximum absolute atomic E-state index is 12.1. The van der Waals surface area contributed by atoms with Gasteiger partial charge < -0.3 is 20.1 Å². The van der Waals surface area contributed by atoms with Gasteiger partial charge in [0, 0.05) is 31.6 Å². The van der Waals surface area contributed by atoms with Crippen LogP contribution in [0.1, 0.15) is 31.2 Å². The van der Waals surface area contributed by atoms with Gasteiger partial charge in [-0.05, 0) is 31.7 Å². The van der Waals surface area contributed by atoms with Crippen molar-refractivity contribution in [2.24, 2.45) is 0 Å². The number of hydrogen-bond donors (Lipinski definition) is 2. The lowest BCUT2D eigenvalue weighted by Crippen LogP contribution is -2.28. The van der Waals surface area contributed by atoms with Gasteiger partial charge in [-0.25, -0.2) is 9.78 Å². The monoisotopic (exact) mass is 359 g/mol. The fraction of sp³-hybridized carbons (Fsp3) is 0.500. The molecule has 2 N–H and O–H groups in total. The van der Waals surface area contributed by atoms with Crippen molar-refractivity contribution in [3.8, 4) is 5.88 Å². The van der Waals surface area contributed by atoms with Gasteiger partial charge in [0.05, 0.1) is 25.0 Å². The standard InChI is InChI=1S/C18H25N5O3/c1-25-10-9-23-13-15(12-21-23)22-18(24)20-11-14-5-4-8-19-17(14)26-16-6-2-3-7-16/h4-5,8,12-13,16H,2-3,6-7,9-11H2,1H3,(H2,20,22,24). The van der Waals surface area contributed by atoms with Crippen molar-refractivity contribution in [1.82, 2.24) is 20.1 Å². The molecule has 2 amide bonds.